The van der Waals surface area contributed by atoms with Crippen LogP contribution in [-0.2, 0) is 6.42 Å². The van der Waals surface area contributed by atoms with Crippen molar-refractivity contribution in [1.29, 1.82) is 0 Å². The molecule has 0 fully saturated rings. The van der Waals surface area contributed by atoms with Gasteiger partial charge in [0.05, 0.1) is 12.3 Å². The fraction of sp³-hybridized carbons (Fsp3) is 0.235. The van der Waals surface area contributed by atoms with Gasteiger partial charge >= 0.3 is 0 Å². The molecule has 0 aromatic carbocycles. The summed E-state index contributed by atoms with van der Waals surface area (Å²) >= 11 is 0. The third-order valence-electron chi connectivity index (χ3n) is 3.41. The van der Waals surface area contributed by atoms with Crippen molar-refractivity contribution in [3.05, 3.63) is 60.3 Å². The van der Waals surface area contributed by atoms with Crippen molar-refractivity contribution in [2.75, 3.05) is 13.2 Å². The summed E-state index contributed by atoms with van der Waals surface area (Å²) in [4.78, 5) is 20.4. The molecule has 3 heterocycles. The second kappa shape index (κ2) is 6.91. The molecule has 0 spiro atoms. The molecule has 0 aliphatic rings. The van der Waals surface area contributed by atoms with Crippen LogP contribution in [-0.4, -0.2) is 33.4 Å². The highest BCUT2D eigenvalue weighted by molar-refractivity contribution is 5.93. The molecule has 0 atom stereocenters. The Morgan fingerprint density at radius 1 is 1.30 bits per heavy atom. The minimum atomic E-state index is -0.105. The predicted octanol–water partition coefficient (Wildman–Crippen LogP) is 2.10. The Hall–Kier alpha value is -2.89. The maximum Gasteiger partial charge on any atom is 0.251 e. The highest BCUT2D eigenvalue weighted by Crippen LogP contribution is 2.18. The van der Waals surface area contributed by atoms with Crippen molar-refractivity contribution >= 4 is 11.6 Å². The fourth-order valence-electron chi connectivity index (χ4n) is 2.34. The van der Waals surface area contributed by atoms with Gasteiger partial charge in [-0.15, -0.1) is 0 Å². The van der Waals surface area contributed by atoms with Crippen molar-refractivity contribution < 1.29 is 9.53 Å². The number of fused-ring (bicyclic) bond motifs is 1. The Morgan fingerprint density at radius 3 is 2.91 bits per heavy atom. The first-order valence-corrected chi connectivity index (χ1v) is 7.55. The highest BCUT2D eigenvalue weighted by Gasteiger charge is 2.08. The number of nitrogens with one attached hydrogen (secondary N) is 1. The van der Waals surface area contributed by atoms with Crippen molar-refractivity contribution in [1.82, 2.24) is 19.7 Å². The molecule has 3 aromatic rings. The molecule has 0 saturated carbocycles. The standard InChI is InChI=1S/C17H18N4O2/c1-2-23-15-4-3-11-21-12-14(20-16(15)21)7-10-19-17(22)13-5-8-18-9-6-13/h3-6,8-9,11-12H,2,7,10H2,1H3,(H,19,22). The van der Waals surface area contributed by atoms with Crippen molar-refractivity contribution in [2.45, 2.75) is 13.3 Å². The van der Waals surface area contributed by atoms with Crippen LogP contribution >= 0.6 is 0 Å². The molecule has 23 heavy (non-hydrogen) atoms. The summed E-state index contributed by atoms with van der Waals surface area (Å²) in [6.45, 7) is 3.07. The third kappa shape index (κ3) is 3.48. The summed E-state index contributed by atoms with van der Waals surface area (Å²) in [5, 5.41) is 2.88. The monoisotopic (exact) mass is 310 g/mol. The first-order chi connectivity index (χ1) is 11.3. The van der Waals surface area contributed by atoms with Gasteiger partial charge in [0.15, 0.2) is 11.4 Å². The van der Waals surface area contributed by atoms with Crippen molar-refractivity contribution in [2.24, 2.45) is 0 Å². The lowest BCUT2D eigenvalue weighted by molar-refractivity contribution is 0.0954. The molecule has 3 aromatic heterocycles. The van der Waals surface area contributed by atoms with Gasteiger partial charge in [-0.3, -0.25) is 9.78 Å². The van der Waals surface area contributed by atoms with Crippen molar-refractivity contribution in [3.8, 4) is 5.75 Å². The number of amides is 1. The minimum absolute atomic E-state index is 0.105. The van der Waals surface area contributed by atoms with E-state index in [9.17, 15) is 4.79 Å². The number of pyridine rings is 2. The van der Waals surface area contributed by atoms with Crippen LogP contribution < -0.4 is 10.1 Å². The van der Waals surface area contributed by atoms with Gasteiger partial charge in [0.1, 0.15) is 0 Å². The largest absolute Gasteiger partial charge is 0.490 e. The Kier molecular flexibility index (Phi) is 4.52. The van der Waals surface area contributed by atoms with E-state index in [1.807, 2.05) is 35.9 Å². The van der Waals surface area contributed by atoms with Gasteiger partial charge < -0.3 is 14.5 Å². The van der Waals surface area contributed by atoms with E-state index in [-0.39, 0.29) is 5.91 Å². The van der Waals surface area contributed by atoms with Crippen LogP contribution in [0.5, 0.6) is 5.75 Å². The van der Waals surface area contributed by atoms with E-state index in [4.69, 9.17) is 4.74 Å². The smallest absolute Gasteiger partial charge is 0.251 e. The van der Waals surface area contributed by atoms with Crippen LogP contribution in [0, 0.1) is 0 Å². The summed E-state index contributed by atoms with van der Waals surface area (Å²) in [6, 6.07) is 7.21. The van der Waals surface area contributed by atoms with E-state index < -0.39 is 0 Å². The molecule has 0 bridgehead atoms. The summed E-state index contributed by atoms with van der Waals surface area (Å²) in [5.74, 6) is 0.660. The molecular formula is C17H18N4O2. The summed E-state index contributed by atoms with van der Waals surface area (Å²) in [7, 11) is 0. The molecule has 0 aliphatic carbocycles. The van der Waals surface area contributed by atoms with Crippen LogP contribution in [0.15, 0.2) is 49.1 Å². The van der Waals surface area contributed by atoms with E-state index in [1.54, 1.807) is 24.5 Å². The number of imidazole rings is 1. The van der Waals surface area contributed by atoms with Gasteiger partial charge in [-0.2, -0.15) is 0 Å². The molecule has 1 amide bonds. The molecule has 6 nitrogen and oxygen atoms in total. The van der Waals surface area contributed by atoms with E-state index in [1.165, 1.54) is 0 Å². The molecule has 0 unspecified atom stereocenters. The number of carbonyl (C=O) groups excluding carboxylic acids is 1. The average Bonchev–Trinajstić information content (AvgIpc) is 3.00. The quantitative estimate of drug-likeness (QED) is 0.757. The molecule has 6 heteroatoms. The normalized spacial score (nSPS) is 10.7. The molecule has 0 radical (unpaired) electrons. The number of aromatic nitrogens is 3. The zero-order valence-corrected chi connectivity index (χ0v) is 12.9. The number of carbonyl (C=O) groups is 1. The second-order valence-corrected chi connectivity index (χ2v) is 5.01. The van der Waals surface area contributed by atoms with Gasteiger partial charge in [-0.1, -0.05) is 0 Å². The van der Waals surface area contributed by atoms with Crippen molar-refractivity contribution in [3.63, 3.8) is 0 Å². The second-order valence-electron chi connectivity index (χ2n) is 5.01. The predicted molar refractivity (Wildman–Crippen MR) is 86.6 cm³/mol. The lowest BCUT2D eigenvalue weighted by Gasteiger charge is -2.03. The summed E-state index contributed by atoms with van der Waals surface area (Å²) < 4.78 is 7.51. The zero-order valence-electron chi connectivity index (χ0n) is 12.9. The topological polar surface area (TPSA) is 68.5 Å². The lowest BCUT2D eigenvalue weighted by Crippen LogP contribution is -2.25. The average molecular weight is 310 g/mol. The van der Waals surface area contributed by atoms with E-state index >= 15 is 0 Å². The van der Waals surface area contributed by atoms with Gasteiger partial charge in [0.25, 0.3) is 5.91 Å². The Morgan fingerprint density at radius 2 is 2.13 bits per heavy atom. The van der Waals surface area contributed by atoms with Gasteiger partial charge in [-0.25, -0.2) is 4.98 Å². The Balaban J connectivity index is 1.63. The van der Waals surface area contributed by atoms with Crippen LogP contribution in [0.3, 0.4) is 0 Å². The molecule has 0 aliphatic heterocycles. The number of ether oxygens (including phenoxy) is 1. The van der Waals surface area contributed by atoms with E-state index in [2.05, 4.69) is 15.3 Å². The molecule has 118 valence electrons. The SMILES string of the molecule is CCOc1cccn2cc(CCNC(=O)c3ccncc3)nc12. The highest BCUT2D eigenvalue weighted by atomic mass is 16.5. The number of hydrogen-bond donors (Lipinski definition) is 1. The lowest BCUT2D eigenvalue weighted by atomic mass is 10.2. The van der Waals surface area contributed by atoms with Gasteiger partial charge in [0, 0.05) is 43.3 Å². The maximum absolute atomic E-state index is 12.0. The third-order valence-corrected chi connectivity index (χ3v) is 3.41. The summed E-state index contributed by atoms with van der Waals surface area (Å²) in [6.07, 6.45) is 7.75. The molecule has 1 N–H and O–H groups in total. The first kappa shape index (κ1) is 15.0. The van der Waals surface area contributed by atoms with E-state index in [0.717, 1.165) is 17.1 Å². The minimum Gasteiger partial charge on any atom is -0.490 e. The number of nitrogens with zero attached hydrogens (tertiary/aromatic N) is 3. The fourth-order valence-corrected chi connectivity index (χ4v) is 2.34. The molecular weight excluding hydrogens is 292 g/mol. The number of hydrogen-bond acceptors (Lipinski definition) is 4. The Bertz CT molecular complexity index is 799. The summed E-state index contributed by atoms with van der Waals surface area (Å²) in [5.41, 5.74) is 2.31. The Labute approximate surface area is 134 Å². The van der Waals surface area contributed by atoms with Crippen LogP contribution in [0.25, 0.3) is 5.65 Å². The zero-order chi connectivity index (χ0) is 16.1. The van der Waals surface area contributed by atoms with Crippen LogP contribution in [0.2, 0.25) is 0 Å². The first-order valence-electron chi connectivity index (χ1n) is 7.55. The molecule has 3 rings (SSSR count). The number of rotatable bonds is 6. The van der Waals surface area contributed by atoms with Gasteiger partial charge in [-0.05, 0) is 31.2 Å². The maximum atomic E-state index is 12.0. The van der Waals surface area contributed by atoms with Crippen LogP contribution in [0.4, 0.5) is 0 Å². The molecule has 0 saturated heterocycles. The van der Waals surface area contributed by atoms with Gasteiger partial charge in [0.2, 0.25) is 0 Å². The van der Waals surface area contributed by atoms with Crippen LogP contribution in [0.1, 0.15) is 23.0 Å². The van der Waals surface area contributed by atoms with E-state index in [0.29, 0.717) is 25.1 Å².